The third kappa shape index (κ3) is 3.53. The van der Waals surface area contributed by atoms with E-state index in [9.17, 15) is 14.3 Å². The quantitative estimate of drug-likeness (QED) is 0.401. The first-order chi connectivity index (χ1) is 14.9. The summed E-state index contributed by atoms with van der Waals surface area (Å²) in [4.78, 5) is 11.8. The minimum Gasteiger partial charge on any atom is -0.481 e. The molecular weight excluding hydrogens is 448 g/mol. The monoisotopic (exact) mass is 463 g/mol. The van der Waals surface area contributed by atoms with E-state index in [1.165, 1.54) is 35.9 Å². The van der Waals surface area contributed by atoms with Crippen molar-refractivity contribution in [1.29, 1.82) is 0 Å². The van der Waals surface area contributed by atoms with E-state index < -0.39 is 23.2 Å². The Balaban J connectivity index is 2.00. The molecule has 4 rings (SSSR count). The van der Waals surface area contributed by atoms with Gasteiger partial charge in [-0.2, -0.15) is 5.10 Å². The summed E-state index contributed by atoms with van der Waals surface area (Å²) in [5.41, 5.74) is 0.236. The second kappa shape index (κ2) is 8.24. The van der Waals surface area contributed by atoms with Gasteiger partial charge in [-0.25, -0.2) is 13.6 Å². The molecule has 0 bridgehead atoms. The van der Waals surface area contributed by atoms with Crippen LogP contribution in [0.1, 0.15) is 17.3 Å². The maximum Gasteiger partial charge on any atom is 0.338 e. The Hall–Kier alpha value is -3.04. The molecule has 10 heteroatoms. The highest BCUT2D eigenvalue weighted by molar-refractivity contribution is 7.99. The predicted molar refractivity (Wildman–Crippen MR) is 114 cm³/mol. The van der Waals surface area contributed by atoms with Crippen molar-refractivity contribution in [2.45, 2.75) is 23.3 Å². The Morgan fingerprint density at radius 1 is 1.26 bits per heavy atom. The van der Waals surface area contributed by atoms with Gasteiger partial charge in [0.25, 0.3) is 0 Å². The van der Waals surface area contributed by atoms with Gasteiger partial charge in [-0.05, 0) is 31.2 Å². The van der Waals surface area contributed by atoms with Gasteiger partial charge in [0, 0.05) is 23.0 Å². The normalized spacial score (nSPS) is 11.3. The number of halogens is 3. The van der Waals surface area contributed by atoms with Crippen molar-refractivity contribution in [3.8, 4) is 11.6 Å². The van der Waals surface area contributed by atoms with E-state index in [4.69, 9.17) is 16.3 Å². The molecule has 0 saturated heterocycles. The summed E-state index contributed by atoms with van der Waals surface area (Å²) in [6.07, 6.45) is 3.29. The Labute approximate surface area is 185 Å². The number of carboxylic acids is 1. The van der Waals surface area contributed by atoms with Gasteiger partial charge in [0.2, 0.25) is 5.88 Å². The molecule has 0 aliphatic rings. The van der Waals surface area contributed by atoms with Crippen molar-refractivity contribution in [1.82, 2.24) is 14.3 Å². The van der Waals surface area contributed by atoms with Gasteiger partial charge in [-0.15, -0.1) is 0 Å². The highest BCUT2D eigenvalue weighted by atomic mass is 35.5. The molecule has 2 aromatic heterocycles. The molecule has 0 amide bonds. The summed E-state index contributed by atoms with van der Waals surface area (Å²) in [5.74, 6) is -2.67. The van der Waals surface area contributed by atoms with E-state index in [2.05, 4.69) is 5.10 Å². The molecule has 0 fully saturated rings. The number of hydrogen-bond acceptors (Lipinski definition) is 4. The Bertz CT molecular complexity index is 1320. The fourth-order valence-corrected chi connectivity index (χ4v) is 4.55. The smallest absolute Gasteiger partial charge is 0.338 e. The fraction of sp³-hybridized carbons (Fsp3) is 0.143. The minimum atomic E-state index is -1.38. The van der Waals surface area contributed by atoms with E-state index >= 15 is 4.39 Å². The van der Waals surface area contributed by atoms with E-state index in [0.29, 0.717) is 22.5 Å². The lowest BCUT2D eigenvalue weighted by molar-refractivity contribution is 0.0691. The van der Waals surface area contributed by atoms with Gasteiger partial charge >= 0.3 is 5.97 Å². The topological polar surface area (TPSA) is 69.3 Å². The number of hydrogen-bond donors (Lipinski definition) is 1. The first-order valence-electron chi connectivity index (χ1n) is 9.16. The number of methoxy groups -OCH3 is 1. The van der Waals surface area contributed by atoms with Gasteiger partial charge in [0.1, 0.15) is 0 Å². The molecule has 1 N–H and O–H groups in total. The van der Waals surface area contributed by atoms with Crippen molar-refractivity contribution in [2.75, 3.05) is 7.11 Å². The molecule has 0 saturated carbocycles. The van der Waals surface area contributed by atoms with Crippen LogP contribution in [-0.4, -0.2) is 32.5 Å². The molecule has 0 radical (unpaired) electrons. The summed E-state index contributed by atoms with van der Waals surface area (Å²) in [6.45, 7) is 2.53. The molecular formula is C21H16ClF2N3O3S. The first-order valence-corrected chi connectivity index (χ1v) is 10.4. The number of aromatic nitrogens is 3. The maximum absolute atomic E-state index is 15.2. The van der Waals surface area contributed by atoms with Gasteiger partial charge in [0.05, 0.1) is 40.0 Å². The number of ether oxygens (including phenoxy) is 1. The predicted octanol–water partition coefficient (Wildman–Crippen LogP) is 5.64. The standard InChI is InChI=1S/C21H16ClF2N3O3S/c1-3-26-10-11(9-25-26)27-18-13(7-8-14(22)17(18)24)19(20(27)30-2)31-15-6-4-5-12(16(15)23)21(28)29/h4-10H,3H2,1-2H3,(H,28,29). The zero-order valence-corrected chi connectivity index (χ0v) is 18.0. The maximum atomic E-state index is 15.2. The molecule has 4 aromatic rings. The van der Waals surface area contributed by atoms with Crippen LogP contribution in [0.3, 0.4) is 0 Å². The third-order valence-electron chi connectivity index (χ3n) is 4.74. The van der Waals surface area contributed by atoms with Crippen LogP contribution in [0.5, 0.6) is 5.88 Å². The highest BCUT2D eigenvalue weighted by Gasteiger charge is 2.26. The van der Waals surface area contributed by atoms with E-state index in [-0.39, 0.29) is 21.3 Å². The van der Waals surface area contributed by atoms with Gasteiger partial charge in [-0.3, -0.25) is 9.25 Å². The number of benzene rings is 2. The minimum absolute atomic E-state index is 0.0665. The first kappa shape index (κ1) is 21.2. The highest BCUT2D eigenvalue weighted by Crippen LogP contribution is 2.46. The second-order valence-corrected chi connectivity index (χ2v) is 7.97. The van der Waals surface area contributed by atoms with Crippen LogP contribution in [0.2, 0.25) is 5.02 Å². The average Bonchev–Trinajstić information content (AvgIpc) is 3.34. The van der Waals surface area contributed by atoms with E-state index in [1.54, 1.807) is 23.1 Å². The van der Waals surface area contributed by atoms with Crippen LogP contribution < -0.4 is 4.74 Å². The molecule has 0 spiro atoms. The summed E-state index contributed by atoms with van der Waals surface area (Å²) in [5, 5.41) is 13.8. The van der Waals surface area contributed by atoms with Crippen molar-refractivity contribution in [3.63, 3.8) is 0 Å². The summed E-state index contributed by atoms with van der Waals surface area (Å²) in [7, 11) is 1.42. The van der Waals surface area contributed by atoms with Crippen molar-refractivity contribution in [3.05, 3.63) is 64.9 Å². The SMILES string of the molecule is CCn1cc(-n2c(OC)c(Sc3cccc(C(=O)O)c3F)c3ccc(Cl)c(F)c32)cn1. The van der Waals surface area contributed by atoms with Crippen LogP contribution >= 0.6 is 23.4 Å². The molecule has 0 aliphatic carbocycles. The lowest BCUT2D eigenvalue weighted by Crippen LogP contribution is -2.01. The number of aromatic carboxylic acids is 1. The number of nitrogens with zero attached hydrogens (tertiary/aromatic N) is 3. The van der Waals surface area contributed by atoms with Gasteiger partial charge < -0.3 is 9.84 Å². The molecule has 2 heterocycles. The molecule has 2 aromatic carbocycles. The second-order valence-electron chi connectivity index (χ2n) is 6.51. The molecule has 6 nitrogen and oxygen atoms in total. The van der Waals surface area contributed by atoms with Crippen LogP contribution in [0, 0.1) is 11.6 Å². The zero-order valence-electron chi connectivity index (χ0n) is 16.4. The molecule has 0 aliphatic heterocycles. The number of rotatable bonds is 6. The number of aryl methyl sites for hydroxylation is 1. The summed E-state index contributed by atoms with van der Waals surface area (Å²) < 4.78 is 38.8. The number of carboxylic acid groups (broad SMARTS) is 1. The van der Waals surface area contributed by atoms with E-state index in [0.717, 1.165) is 11.8 Å². The third-order valence-corrected chi connectivity index (χ3v) is 6.16. The van der Waals surface area contributed by atoms with Crippen molar-refractivity contribution in [2.24, 2.45) is 0 Å². The van der Waals surface area contributed by atoms with Crippen LogP contribution in [0.25, 0.3) is 16.6 Å². The van der Waals surface area contributed by atoms with Gasteiger partial charge in [0.15, 0.2) is 11.6 Å². The largest absolute Gasteiger partial charge is 0.481 e. The number of fused-ring (bicyclic) bond motifs is 1. The molecule has 0 atom stereocenters. The Kier molecular flexibility index (Phi) is 5.63. The summed E-state index contributed by atoms with van der Waals surface area (Å²) >= 11 is 6.99. The lowest BCUT2D eigenvalue weighted by atomic mass is 10.2. The molecule has 0 unspecified atom stereocenters. The molecule has 31 heavy (non-hydrogen) atoms. The Morgan fingerprint density at radius 3 is 2.68 bits per heavy atom. The fourth-order valence-electron chi connectivity index (χ4n) is 3.29. The number of carbonyl (C=O) groups is 1. The van der Waals surface area contributed by atoms with Crippen LogP contribution in [0.4, 0.5) is 8.78 Å². The lowest BCUT2D eigenvalue weighted by Gasteiger charge is -2.10. The zero-order chi connectivity index (χ0) is 22.3. The molecule has 160 valence electrons. The average molecular weight is 464 g/mol. The van der Waals surface area contributed by atoms with E-state index in [1.807, 2.05) is 6.92 Å². The van der Waals surface area contributed by atoms with Crippen LogP contribution in [0.15, 0.2) is 52.5 Å². The Morgan fingerprint density at radius 2 is 2.03 bits per heavy atom. The van der Waals surface area contributed by atoms with Crippen molar-refractivity contribution >= 4 is 40.2 Å². The van der Waals surface area contributed by atoms with Gasteiger partial charge in [-0.1, -0.05) is 29.4 Å². The summed E-state index contributed by atoms with van der Waals surface area (Å²) in [6, 6.07) is 7.11. The van der Waals surface area contributed by atoms with Crippen molar-refractivity contribution < 1.29 is 23.4 Å². The van der Waals surface area contributed by atoms with Crippen LogP contribution in [-0.2, 0) is 6.54 Å².